The molecule has 4 heteroatoms. The predicted molar refractivity (Wildman–Crippen MR) is 73.7 cm³/mol. The number of piperidine rings is 1. The second kappa shape index (κ2) is 6.53. The number of hydrogen-bond donors (Lipinski definition) is 2. The van der Waals surface area contributed by atoms with Crippen LogP contribution in [0.4, 0.5) is 0 Å². The molecule has 0 spiro atoms. The van der Waals surface area contributed by atoms with Crippen molar-refractivity contribution in [1.29, 1.82) is 0 Å². The predicted octanol–water partition coefficient (Wildman–Crippen LogP) is 1.81. The quantitative estimate of drug-likeness (QED) is 0.787. The van der Waals surface area contributed by atoms with Gasteiger partial charge in [-0.25, -0.2) is 0 Å². The molecule has 0 aromatic heterocycles. The van der Waals surface area contributed by atoms with Gasteiger partial charge in [-0.05, 0) is 43.8 Å². The number of likely N-dealkylation sites (tertiary alicyclic amines) is 1. The lowest BCUT2D eigenvalue weighted by atomic mass is 9.75. The molecule has 0 aliphatic carbocycles. The lowest BCUT2D eigenvalue weighted by Gasteiger charge is -2.39. The molecule has 1 atom stereocenters. The van der Waals surface area contributed by atoms with Crippen molar-refractivity contribution >= 4 is 5.97 Å². The van der Waals surface area contributed by atoms with Gasteiger partial charge in [-0.15, -0.1) is 0 Å². The number of rotatable bonds is 5. The molecule has 0 bridgehead atoms. The minimum absolute atomic E-state index is 0.375. The van der Waals surface area contributed by atoms with Crippen LogP contribution in [0.2, 0.25) is 0 Å². The number of aliphatic carboxylic acids is 1. The summed E-state index contributed by atoms with van der Waals surface area (Å²) in [5.41, 5.74) is 0.375. The molecule has 0 aromatic rings. The molecule has 1 fully saturated rings. The third kappa shape index (κ3) is 4.58. The third-order valence-corrected chi connectivity index (χ3v) is 4.00. The summed E-state index contributed by atoms with van der Waals surface area (Å²) in [6, 6.07) is -0.429. The second-order valence-electron chi connectivity index (χ2n) is 6.39. The van der Waals surface area contributed by atoms with Gasteiger partial charge in [0, 0.05) is 6.54 Å². The van der Waals surface area contributed by atoms with E-state index in [0.29, 0.717) is 18.5 Å². The van der Waals surface area contributed by atoms with Gasteiger partial charge in [0.25, 0.3) is 0 Å². The van der Waals surface area contributed by atoms with Crippen LogP contribution in [0.15, 0.2) is 0 Å². The van der Waals surface area contributed by atoms with Gasteiger partial charge in [-0.3, -0.25) is 4.79 Å². The normalized spacial score (nSPS) is 20.9. The van der Waals surface area contributed by atoms with E-state index >= 15 is 0 Å². The van der Waals surface area contributed by atoms with E-state index in [-0.39, 0.29) is 0 Å². The van der Waals surface area contributed by atoms with E-state index in [1.807, 2.05) is 6.92 Å². The van der Waals surface area contributed by atoms with Crippen LogP contribution in [0.3, 0.4) is 0 Å². The fraction of sp³-hybridized carbons (Fsp3) is 0.929. The van der Waals surface area contributed by atoms with Crippen LogP contribution in [0.1, 0.15) is 40.5 Å². The molecule has 4 nitrogen and oxygen atoms in total. The molecule has 0 saturated carbocycles. The molecule has 18 heavy (non-hydrogen) atoms. The van der Waals surface area contributed by atoms with Crippen LogP contribution >= 0.6 is 0 Å². The Bertz CT molecular complexity index is 265. The van der Waals surface area contributed by atoms with Crippen LogP contribution in [-0.2, 0) is 4.79 Å². The van der Waals surface area contributed by atoms with Crippen LogP contribution in [0, 0.1) is 11.3 Å². The topological polar surface area (TPSA) is 52.6 Å². The summed E-state index contributed by atoms with van der Waals surface area (Å²) in [7, 11) is 0. The smallest absolute Gasteiger partial charge is 0.322 e. The zero-order valence-electron chi connectivity index (χ0n) is 12.2. The van der Waals surface area contributed by atoms with Crippen molar-refractivity contribution in [3.05, 3.63) is 0 Å². The van der Waals surface area contributed by atoms with Crippen LogP contribution in [0.5, 0.6) is 0 Å². The Morgan fingerprint density at radius 2 is 1.94 bits per heavy atom. The molecule has 0 aromatic carbocycles. The first-order chi connectivity index (χ1) is 8.34. The Balaban J connectivity index is 2.41. The average molecular weight is 256 g/mol. The van der Waals surface area contributed by atoms with E-state index in [0.717, 1.165) is 19.0 Å². The van der Waals surface area contributed by atoms with E-state index in [4.69, 9.17) is 5.11 Å². The first-order valence-corrected chi connectivity index (χ1v) is 7.03. The van der Waals surface area contributed by atoms with E-state index in [2.05, 4.69) is 31.0 Å². The molecule has 1 aliphatic heterocycles. The number of carbonyl (C=O) groups is 1. The maximum Gasteiger partial charge on any atom is 0.322 e. The van der Waals surface area contributed by atoms with Crippen molar-refractivity contribution in [2.75, 3.05) is 26.2 Å². The van der Waals surface area contributed by atoms with Crippen LogP contribution in [0.25, 0.3) is 0 Å². The van der Waals surface area contributed by atoms with Crippen molar-refractivity contribution < 1.29 is 9.90 Å². The van der Waals surface area contributed by atoms with Gasteiger partial charge in [0.1, 0.15) is 6.04 Å². The Hall–Kier alpha value is -0.610. The highest BCUT2D eigenvalue weighted by Gasteiger charge is 2.30. The van der Waals surface area contributed by atoms with Gasteiger partial charge in [0.2, 0.25) is 0 Å². The molecule has 1 saturated heterocycles. The summed E-state index contributed by atoms with van der Waals surface area (Å²) in [6.07, 6.45) is 2.37. The SMILES string of the molecule is CCNC(CN1CCC(C(C)(C)C)CC1)C(=O)O. The highest BCUT2D eigenvalue weighted by Crippen LogP contribution is 2.34. The van der Waals surface area contributed by atoms with Gasteiger partial charge < -0.3 is 15.3 Å². The third-order valence-electron chi connectivity index (χ3n) is 4.00. The number of nitrogens with zero attached hydrogens (tertiary/aromatic N) is 1. The van der Waals surface area contributed by atoms with Gasteiger partial charge in [0.05, 0.1) is 0 Å². The van der Waals surface area contributed by atoms with Crippen molar-refractivity contribution in [2.45, 2.75) is 46.6 Å². The van der Waals surface area contributed by atoms with Crippen LogP contribution in [-0.4, -0.2) is 48.2 Å². The van der Waals surface area contributed by atoms with Crippen molar-refractivity contribution in [3.8, 4) is 0 Å². The highest BCUT2D eigenvalue weighted by atomic mass is 16.4. The number of carboxylic acids is 1. The van der Waals surface area contributed by atoms with Crippen molar-refractivity contribution in [2.24, 2.45) is 11.3 Å². The lowest BCUT2D eigenvalue weighted by molar-refractivity contribution is -0.140. The Morgan fingerprint density at radius 1 is 1.39 bits per heavy atom. The Labute approximate surface area is 111 Å². The maximum absolute atomic E-state index is 11.1. The lowest BCUT2D eigenvalue weighted by Crippen LogP contribution is -2.49. The number of likely N-dealkylation sites (N-methyl/N-ethyl adjacent to an activating group) is 1. The molecular formula is C14H28N2O2. The molecule has 0 radical (unpaired) electrons. The van der Waals surface area contributed by atoms with Crippen LogP contribution < -0.4 is 5.32 Å². The van der Waals surface area contributed by atoms with Gasteiger partial charge in [0.15, 0.2) is 0 Å². The molecule has 1 aliphatic rings. The summed E-state index contributed by atoms with van der Waals surface area (Å²) in [5, 5.41) is 12.2. The molecule has 106 valence electrons. The molecule has 0 amide bonds. The standard InChI is InChI=1S/C14H28N2O2/c1-5-15-12(13(17)18)10-16-8-6-11(7-9-16)14(2,3)4/h11-12,15H,5-10H2,1-4H3,(H,17,18). The van der Waals surface area contributed by atoms with E-state index in [9.17, 15) is 4.79 Å². The number of carboxylic acid groups (broad SMARTS) is 1. The first kappa shape index (κ1) is 15.4. The fourth-order valence-electron chi connectivity index (χ4n) is 2.72. The fourth-order valence-corrected chi connectivity index (χ4v) is 2.72. The average Bonchev–Trinajstić information content (AvgIpc) is 2.28. The Kier molecular flexibility index (Phi) is 5.60. The monoisotopic (exact) mass is 256 g/mol. The van der Waals surface area contributed by atoms with E-state index < -0.39 is 12.0 Å². The minimum atomic E-state index is -0.741. The van der Waals surface area contributed by atoms with Gasteiger partial charge in [-0.2, -0.15) is 0 Å². The summed E-state index contributed by atoms with van der Waals surface area (Å²) < 4.78 is 0. The maximum atomic E-state index is 11.1. The molecular weight excluding hydrogens is 228 g/mol. The molecule has 1 heterocycles. The minimum Gasteiger partial charge on any atom is -0.480 e. The number of nitrogens with one attached hydrogen (secondary N) is 1. The van der Waals surface area contributed by atoms with E-state index in [1.165, 1.54) is 12.8 Å². The highest BCUT2D eigenvalue weighted by molar-refractivity contribution is 5.73. The van der Waals surface area contributed by atoms with E-state index in [1.54, 1.807) is 0 Å². The zero-order chi connectivity index (χ0) is 13.8. The molecule has 1 rings (SSSR count). The summed E-state index contributed by atoms with van der Waals surface area (Å²) >= 11 is 0. The van der Waals surface area contributed by atoms with Gasteiger partial charge >= 0.3 is 5.97 Å². The summed E-state index contributed by atoms with van der Waals surface area (Å²) in [4.78, 5) is 13.4. The first-order valence-electron chi connectivity index (χ1n) is 7.03. The Morgan fingerprint density at radius 3 is 2.33 bits per heavy atom. The second-order valence-corrected chi connectivity index (χ2v) is 6.39. The van der Waals surface area contributed by atoms with Crippen molar-refractivity contribution in [3.63, 3.8) is 0 Å². The molecule has 1 unspecified atom stereocenters. The summed E-state index contributed by atoms with van der Waals surface area (Å²) in [5.74, 6) is 0.0194. The zero-order valence-corrected chi connectivity index (χ0v) is 12.2. The van der Waals surface area contributed by atoms with Crippen molar-refractivity contribution in [1.82, 2.24) is 10.2 Å². The largest absolute Gasteiger partial charge is 0.480 e. The van der Waals surface area contributed by atoms with Gasteiger partial charge in [-0.1, -0.05) is 27.7 Å². The molecule has 2 N–H and O–H groups in total. The summed E-state index contributed by atoms with van der Waals surface area (Å²) in [6.45, 7) is 12.2. The number of hydrogen-bond acceptors (Lipinski definition) is 3.